The predicted octanol–water partition coefficient (Wildman–Crippen LogP) is 4.36. The van der Waals surface area contributed by atoms with Gasteiger partial charge in [0.1, 0.15) is 6.61 Å². The minimum Gasteiger partial charge on any atom is -0.458 e. The average Bonchev–Trinajstić information content (AvgIpc) is 3.02. The molecule has 0 unspecified atom stereocenters. The van der Waals surface area contributed by atoms with Gasteiger partial charge in [-0.25, -0.2) is 9.78 Å². The molecule has 1 aliphatic rings. The third-order valence-corrected chi connectivity index (χ3v) is 4.74. The van der Waals surface area contributed by atoms with Crippen LogP contribution in [0.3, 0.4) is 0 Å². The van der Waals surface area contributed by atoms with Crippen LogP contribution in [0.1, 0.15) is 24.1 Å². The summed E-state index contributed by atoms with van der Waals surface area (Å²) in [6.07, 6.45) is 1.57. The molecule has 0 bridgehead atoms. The molecule has 0 spiro atoms. The lowest BCUT2D eigenvalue weighted by Crippen LogP contribution is -2.29. The number of aromatic nitrogens is 2. The van der Waals surface area contributed by atoms with Gasteiger partial charge in [-0.2, -0.15) is 0 Å². The number of allylic oxidation sites excluding steroid dienone is 1. The minimum atomic E-state index is -0.352. The number of ether oxygens (including phenoxy) is 1. The molecule has 2 heterocycles. The Labute approximate surface area is 158 Å². The van der Waals surface area contributed by atoms with E-state index in [1.807, 2.05) is 56.3 Å². The first-order valence-corrected chi connectivity index (χ1v) is 8.89. The summed E-state index contributed by atoms with van der Waals surface area (Å²) in [5, 5.41) is 3.28. The maximum absolute atomic E-state index is 12.9. The van der Waals surface area contributed by atoms with Gasteiger partial charge >= 0.3 is 5.97 Å². The highest BCUT2D eigenvalue weighted by Gasteiger charge is 2.34. The van der Waals surface area contributed by atoms with Crippen molar-refractivity contribution in [2.75, 3.05) is 11.9 Å². The van der Waals surface area contributed by atoms with E-state index < -0.39 is 0 Å². The van der Waals surface area contributed by atoms with Crippen LogP contribution in [-0.2, 0) is 9.53 Å². The van der Waals surface area contributed by atoms with Crippen molar-refractivity contribution < 1.29 is 9.53 Å². The van der Waals surface area contributed by atoms with Gasteiger partial charge in [0.25, 0.3) is 0 Å². The molecular weight excluding hydrogens is 338 g/mol. The van der Waals surface area contributed by atoms with Gasteiger partial charge in [-0.15, -0.1) is 0 Å². The number of carbonyl (C=O) groups is 1. The molecule has 136 valence electrons. The quantitative estimate of drug-likeness (QED) is 0.555. The van der Waals surface area contributed by atoms with Crippen molar-refractivity contribution in [3.8, 4) is 0 Å². The van der Waals surface area contributed by atoms with Gasteiger partial charge in [0.15, 0.2) is 0 Å². The topological polar surface area (TPSA) is 56.1 Å². The highest BCUT2D eigenvalue weighted by Crippen LogP contribution is 2.39. The van der Waals surface area contributed by atoms with E-state index in [4.69, 9.17) is 9.72 Å². The van der Waals surface area contributed by atoms with E-state index in [2.05, 4.69) is 22.5 Å². The fourth-order valence-electron chi connectivity index (χ4n) is 3.60. The van der Waals surface area contributed by atoms with Gasteiger partial charge in [-0.05, 0) is 31.5 Å². The summed E-state index contributed by atoms with van der Waals surface area (Å²) < 4.78 is 7.47. The Balaban J connectivity index is 1.95. The Morgan fingerprint density at radius 2 is 2.07 bits per heavy atom. The van der Waals surface area contributed by atoms with Crippen LogP contribution in [0.4, 0.5) is 5.95 Å². The molecule has 5 nitrogen and oxygen atoms in total. The zero-order valence-corrected chi connectivity index (χ0v) is 15.4. The third-order valence-electron chi connectivity index (χ3n) is 4.74. The second-order valence-electron chi connectivity index (χ2n) is 6.66. The Morgan fingerprint density at radius 1 is 1.26 bits per heavy atom. The van der Waals surface area contributed by atoms with Crippen molar-refractivity contribution in [1.29, 1.82) is 0 Å². The van der Waals surface area contributed by atoms with Crippen molar-refractivity contribution in [2.24, 2.45) is 0 Å². The van der Waals surface area contributed by atoms with E-state index in [-0.39, 0.29) is 18.6 Å². The lowest BCUT2D eigenvalue weighted by atomic mass is 9.94. The van der Waals surface area contributed by atoms with E-state index >= 15 is 0 Å². The zero-order chi connectivity index (χ0) is 19.0. The number of anilines is 1. The normalized spacial score (nSPS) is 16.0. The first-order chi connectivity index (χ1) is 13.1. The number of esters is 1. The predicted molar refractivity (Wildman–Crippen MR) is 107 cm³/mol. The monoisotopic (exact) mass is 359 g/mol. The zero-order valence-electron chi connectivity index (χ0n) is 15.4. The average molecular weight is 359 g/mol. The smallest absolute Gasteiger partial charge is 0.338 e. The molecule has 1 N–H and O–H groups in total. The first-order valence-electron chi connectivity index (χ1n) is 8.89. The summed E-state index contributed by atoms with van der Waals surface area (Å²) >= 11 is 0. The molecular formula is C22H21N3O2. The molecule has 0 fully saturated rings. The first kappa shape index (κ1) is 17.1. The fraction of sp³-hybridized carbons (Fsp3) is 0.182. The summed E-state index contributed by atoms with van der Waals surface area (Å²) in [5.41, 5.74) is 5.33. The second-order valence-corrected chi connectivity index (χ2v) is 6.66. The van der Waals surface area contributed by atoms with Gasteiger partial charge in [0.2, 0.25) is 5.95 Å². The molecule has 27 heavy (non-hydrogen) atoms. The van der Waals surface area contributed by atoms with E-state index in [9.17, 15) is 4.79 Å². The molecule has 1 aliphatic heterocycles. The van der Waals surface area contributed by atoms with Crippen molar-refractivity contribution in [3.63, 3.8) is 0 Å². The summed E-state index contributed by atoms with van der Waals surface area (Å²) in [6.45, 7) is 7.73. The van der Waals surface area contributed by atoms with Gasteiger partial charge in [-0.1, -0.05) is 54.6 Å². The van der Waals surface area contributed by atoms with Crippen LogP contribution >= 0.6 is 0 Å². The Hall–Kier alpha value is -3.34. The van der Waals surface area contributed by atoms with Gasteiger partial charge < -0.3 is 10.1 Å². The maximum Gasteiger partial charge on any atom is 0.338 e. The fourth-order valence-corrected chi connectivity index (χ4v) is 3.60. The lowest BCUT2D eigenvalue weighted by Gasteiger charge is -2.30. The summed E-state index contributed by atoms with van der Waals surface area (Å²) in [4.78, 5) is 17.6. The molecule has 1 aromatic heterocycles. The SMILES string of the molecule is C=CCOC(=O)C1=C(C)Nc2nc3ccccc3n2[C@H]1c1cccc(C)c1. The number of benzene rings is 2. The highest BCUT2D eigenvalue weighted by molar-refractivity contribution is 5.94. The van der Waals surface area contributed by atoms with Crippen LogP contribution in [0.15, 0.2) is 72.5 Å². The largest absolute Gasteiger partial charge is 0.458 e. The van der Waals surface area contributed by atoms with Crippen LogP contribution in [0, 0.1) is 6.92 Å². The number of para-hydroxylation sites is 2. The van der Waals surface area contributed by atoms with Crippen LogP contribution in [-0.4, -0.2) is 22.1 Å². The number of imidazole rings is 1. The summed E-state index contributed by atoms with van der Waals surface area (Å²) in [6, 6.07) is 15.8. The van der Waals surface area contributed by atoms with E-state index in [0.29, 0.717) is 5.57 Å². The second kappa shape index (κ2) is 6.76. The van der Waals surface area contributed by atoms with Crippen LogP contribution in [0.2, 0.25) is 0 Å². The molecule has 5 heteroatoms. The standard InChI is InChI=1S/C22H21N3O2/c1-4-12-27-21(26)19-15(3)23-22-24-17-10-5-6-11-18(17)25(22)20(19)16-9-7-8-14(2)13-16/h4-11,13,20H,1,12H2,2-3H3,(H,23,24)/t20-/m0/s1. The van der Waals surface area contributed by atoms with E-state index in [0.717, 1.165) is 33.8 Å². The molecule has 2 aromatic carbocycles. The molecule has 0 saturated heterocycles. The van der Waals surface area contributed by atoms with Gasteiger partial charge in [0, 0.05) is 5.70 Å². The highest BCUT2D eigenvalue weighted by atomic mass is 16.5. The number of nitrogens with zero attached hydrogens (tertiary/aromatic N) is 2. The van der Waals surface area contributed by atoms with E-state index in [1.54, 1.807) is 6.08 Å². The Morgan fingerprint density at radius 3 is 2.85 bits per heavy atom. The Kier molecular flexibility index (Phi) is 4.28. The number of carbonyl (C=O) groups excluding carboxylic acids is 1. The third kappa shape index (κ3) is 2.91. The van der Waals surface area contributed by atoms with E-state index in [1.165, 1.54) is 0 Å². The van der Waals surface area contributed by atoms with Crippen LogP contribution in [0.5, 0.6) is 0 Å². The lowest BCUT2D eigenvalue weighted by molar-refractivity contribution is -0.138. The summed E-state index contributed by atoms with van der Waals surface area (Å²) in [7, 11) is 0. The molecule has 0 saturated carbocycles. The maximum atomic E-state index is 12.9. The molecule has 0 aliphatic carbocycles. The van der Waals surface area contributed by atoms with Gasteiger partial charge in [-0.3, -0.25) is 4.57 Å². The van der Waals surface area contributed by atoms with Crippen molar-refractivity contribution in [1.82, 2.24) is 9.55 Å². The number of rotatable bonds is 4. The minimum absolute atomic E-state index is 0.174. The molecule has 0 radical (unpaired) electrons. The molecule has 4 rings (SSSR count). The van der Waals surface area contributed by atoms with Crippen LogP contribution < -0.4 is 5.32 Å². The van der Waals surface area contributed by atoms with Crippen LogP contribution in [0.25, 0.3) is 11.0 Å². The molecule has 0 amide bonds. The molecule has 3 aromatic rings. The van der Waals surface area contributed by atoms with Gasteiger partial charge in [0.05, 0.1) is 22.6 Å². The number of fused-ring (bicyclic) bond motifs is 3. The number of nitrogens with one attached hydrogen (secondary N) is 1. The van der Waals surface area contributed by atoms with Crippen molar-refractivity contribution in [3.05, 3.63) is 83.6 Å². The van der Waals surface area contributed by atoms with Crippen molar-refractivity contribution >= 4 is 23.0 Å². The Bertz CT molecular complexity index is 1080. The number of hydrogen-bond acceptors (Lipinski definition) is 4. The molecule has 1 atom stereocenters. The van der Waals surface area contributed by atoms with Crippen molar-refractivity contribution in [2.45, 2.75) is 19.9 Å². The summed E-state index contributed by atoms with van der Waals surface area (Å²) in [5.74, 6) is 0.371. The number of hydrogen-bond donors (Lipinski definition) is 1. The number of aryl methyl sites for hydroxylation is 1.